The molecule has 15 heteroatoms. The zero-order chi connectivity index (χ0) is 34.6. The average molecular weight is 681 g/mol. The number of halogens is 3. The van der Waals surface area contributed by atoms with Crippen molar-refractivity contribution in [3.63, 3.8) is 0 Å². The van der Waals surface area contributed by atoms with Crippen molar-refractivity contribution in [3.8, 4) is 17.5 Å². The van der Waals surface area contributed by atoms with Crippen LogP contribution < -0.4 is 30.2 Å². The second-order valence-corrected chi connectivity index (χ2v) is 11.2. The van der Waals surface area contributed by atoms with Gasteiger partial charge in [-0.05, 0) is 61.1 Å². The number of hydrogen-bond acceptors (Lipinski definition) is 10. The highest BCUT2D eigenvalue weighted by Crippen LogP contribution is 2.27. The standard InChI is InChI=1S/C34H35F3N6O6/c35-34(36,37)21-49-33-42-31-38-20-23-10-13-25(14-11-23)47-16-6-1-2-7-17-48-28-19-24(39-32(41-31)43-33)12-15-26(28)29(44)40-27(30(45)46)18-22-8-4-3-5-9-22/h3-5,8-15,19,27H,1-2,6-7,16-18,20-21H2,(H,40,44)(H,45,46)(H2,38,39,41,42,43). The molecule has 1 atom stereocenters. The molecule has 0 aliphatic carbocycles. The number of alkyl halides is 3. The summed E-state index contributed by atoms with van der Waals surface area (Å²) in [6, 6.07) is 19.0. The molecule has 3 aromatic carbocycles. The number of aromatic nitrogens is 3. The van der Waals surface area contributed by atoms with Gasteiger partial charge in [-0.25, -0.2) is 4.79 Å². The number of amides is 1. The van der Waals surface area contributed by atoms with Crippen LogP contribution in [0.3, 0.4) is 0 Å². The van der Waals surface area contributed by atoms with E-state index in [2.05, 4.69) is 30.9 Å². The topological polar surface area (TPSA) is 157 Å². The predicted octanol–water partition coefficient (Wildman–Crippen LogP) is 5.93. The first-order chi connectivity index (χ1) is 23.6. The third-order valence-electron chi connectivity index (χ3n) is 7.29. The van der Waals surface area contributed by atoms with E-state index in [4.69, 9.17) is 14.2 Å². The second kappa shape index (κ2) is 16.5. The lowest BCUT2D eigenvalue weighted by Gasteiger charge is -2.18. The maximum absolute atomic E-state index is 13.4. The summed E-state index contributed by atoms with van der Waals surface area (Å²) >= 11 is 0. The number of nitrogens with one attached hydrogen (secondary N) is 3. The molecule has 1 aromatic heterocycles. The average Bonchev–Trinajstić information content (AvgIpc) is 3.07. The summed E-state index contributed by atoms with van der Waals surface area (Å²) in [6.07, 6.45) is -1.34. The van der Waals surface area contributed by atoms with Crippen molar-refractivity contribution >= 4 is 29.5 Å². The Morgan fingerprint density at radius 1 is 0.898 bits per heavy atom. The van der Waals surface area contributed by atoms with Crippen molar-refractivity contribution in [1.29, 1.82) is 0 Å². The van der Waals surface area contributed by atoms with E-state index in [1.165, 1.54) is 18.2 Å². The molecule has 3 heterocycles. The van der Waals surface area contributed by atoms with Gasteiger partial charge in [0, 0.05) is 24.7 Å². The van der Waals surface area contributed by atoms with Gasteiger partial charge in [0.05, 0.1) is 18.8 Å². The molecular weight excluding hydrogens is 645 g/mol. The summed E-state index contributed by atoms with van der Waals surface area (Å²) in [7, 11) is 0. The molecule has 2 aliphatic rings. The molecule has 0 saturated heterocycles. The molecule has 258 valence electrons. The number of benzene rings is 3. The minimum absolute atomic E-state index is 0.0495. The zero-order valence-electron chi connectivity index (χ0n) is 26.3. The summed E-state index contributed by atoms with van der Waals surface area (Å²) in [5.41, 5.74) is 2.01. The van der Waals surface area contributed by atoms with Crippen LogP contribution in [0.4, 0.5) is 30.8 Å². The van der Waals surface area contributed by atoms with E-state index < -0.39 is 36.7 Å². The predicted molar refractivity (Wildman–Crippen MR) is 173 cm³/mol. The fourth-order valence-corrected chi connectivity index (χ4v) is 4.84. The van der Waals surface area contributed by atoms with Crippen LogP contribution in [0.1, 0.15) is 47.2 Å². The van der Waals surface area contributed by atoms with Gasteiger partial charge in [-0.1, -0.05) is 42.5 Å². The molecule has 0 saturated carbocycles. The highest BCUT2D eigenvalue weighted by atomic mass is 19.4. The van der Waals surface area contributed by atoms with Crippen LogP contribution in [0.15, 0.2) is 72.8 Å². The molecule has 6 rings (SSSR count). The molecule has 4 N–H and O–H groups in total. The number of hydrogen-bond donors (Lipinski definition) is 4. The van der Waals surface area contributed by atoms with E-state index in [9.17, 15) is 27.9 Å². The number of ether oxygens (including phenoxy) is 3. The Hall–Kier alpha value is -5.60. The molecule has 2 aliphatic heterocycles. The van der Waals surface area contributed by atoms with Gasteiger partial charge in [0.2, 0.25) is 11.9 Å². The lowest BCUT2D eigenvalue weighted by atomic mass is 10.1. The first-order valence-corrected chi connectivity index (χ1v) is 15.6. The Balaban J connectivity index is 1.42. The smallest absolute Gasteiger partial charge is 0.422 e. The van der Waals surface area contributed by atoms with Gasteiger partial charge in [-0.15, -0.1) is 0 Å². The summed E-state index contributed by atoms with van der Waals surface area (Å²) in [6.45, 7) is -0.584. The molecule has 6 bridgehead atoms. The number of fused-ring (bicyclic) bond motifs is 10. The minimum atomic E-state index is -4.62. The Kier molecular flexibility index (Phi) is 11.7. The van der Waals surface area contributed by atoms with E-state index in [0.29, 0.717) is 24.5 Å². The molecule has 1 unspecified atom stereocenters. The summed E-state index contributed by atoms with van der Waals surface area (Å²) in [5.74, 6) is -1.19. The van der Waals surface area contributed by atoms with Crippen molar-refractivity contribution < 1.29 is 42.1 Å². The number of nitrogens with zero attached hydrogens (tertiary/aromatic N) is 3. The number of carbonyl (C=O) groups is 2. The van der Waals surface area contributed by atoms with Crippen molar-refractivity contribution in [3.05, 3.63) is 89.5 Å². The number of carboxylic acid groups (broad SMARTS) is 1. The lowest BCUT2D eigenvalue weighted by molar-refractivity contribution is -0.154. The molecule has 0 spiro atoms. The monoisotopic (exact) mass is 680 g/mol. The van der Waals surface area contributed by atoms with Crippen LogP contribution in [0.5, 0.6) is 17.5 Å². The largest absolute Gasteiger partial charge is 0.494 e. The first-order valence-electron chi connectivity index (χ1n) is 15.6. The zero-order valence-corrected chi connectivity index (χ0v) is 26.3. The van der Waals surface area contributed by atoms with Crippen LogP contribution in [0, 0.1) is 0 Å². The van der Waals surface area contributed by atoms with Crippen LogP contribution in [0.2, 0.25) is 0 Å². The Bertz CT molecular complexity index is 1710. The van der Waals surface area contributed by atoms with E-state index in [0.717, 1.165) is 30.4 Å². The summed E-state index contributed by atoms with van der Waals surface area (Å²) < 4.78 is 55.5. The number of aliphatic carboxylic acids is 1. The first kappa shape index (κ1) is 34.7. The number of carbonyl (C=O) groups excluding carboxylic acids is 1. The Labute approximate surface area is 280 Å². The molecule has 49 heavy (non-hydrogen) atoms. The SMILES string of the molecule is O=C(NC(Cc1ccccc1)C(=O)O)c1ccc2cc1OCCCCCCOc1ccc(cc1)CNc1nc(nc(OCC(F)(F)F)n1)N2. The van der Waals surface area contributed by atoms with Crippen LogP contribution in [-0.4, -0.2) is 64.0 Å². The number of carboxylic acids is 1. The molecule has 0 fully saturated rings. The quantitative estimate of drug-likeness (QED) is 0.184. The van der Waals surface area contributed by atoms with Crippen LogP contribution >= 0.6 is 0 Å². The van der Waals surface area contributed by atoms with Gasteiger partial charge in [0.1, 0.15) is 17.5 Å². The summed E-state index contributed by atoms with van der Waals surface area (Å²) in [4.78, 5) is 37.7. The third-order valence-corrected chi connectivity index (χ3v) is 7.29. The number of anilines is 3. The van der Waals surface area contributed by atoms with Crippen molar-refractivity contribution in [1.82, 2.24) is 20.3 Å². The van der Waals surface area contributed by atoms with E-state index >= 15 is 0 Å². The van der Waals surface area contributed by atoms with Crippen molar-refractivity contribution in [2.24, 2.45) is 0 Å². The van der Waals surface area contributed by atoms with Crippen LogP contribution in [-0.2, 0) is 17.8 Å². The maximum Gasteiger partial charge on any atom is 0.422 e. The van der Waals surface area contributed by atoms with E-state index in [1.54, 1.807) is 24.3 Å². The minimum Gasteiger partial charge on any atom is -0.494 e. The fourth-order valence-electron chi connectivity index (χ4n) is 4.84. The molecular formula is C34H35F3N6O6. The molecule has 0 radical (unpaired) electrons. The van der Waals surface area contributed by atoms with Gasteiger partial charge < -0.3 is 35.3 Å². The van der Waals surface area contributed by atoms with Crippen molar-refractivity contribution in [2.45, 2.75) is 50.9 Å². The maximum atomic E-state index is 13.4. The van der Waals surface area contributed by atoms with Gasteiger partial charge in [-0.3, -0.25) is 4.79 Å². The third kappa shape index (κ3) is 11.0. The highest BCUT2D eigenvalue weighted by molar-refractivity contribution is 5.99. The second-order valence-electron chi connectivity index (χ2n) is 11.2. The van der Waals surface area contributed by atoms with E-state index in [1.807, 2.05) is 30.3 Å². The van der Waals surface area contributed by atoms with Gasteiger partial charge in [0.25, 0.3) is 5.91 Å². The Morgan fingerprint density at radius 2 is 1.61 bits per heavy atom. The van der Waals surface area contributed by atoms with E-state index in [-0.39, 0.29) is 42.8 Å². The van der Waals surface area contributed by atoms with Crippen LogP contribution in [0.25, 0.3) is 0 Å². The number of rotatable bonds is 7. The molecule has 1 amide bonds. The molecule has 12 nitrogen and oxygen atoms in total. The van der Waals surface area contributed by atoms with Crippen molar-refractivity contribution in [2.75, 3.05) is 30.5 Å². The normalized spacial score (nSPS) is 14.4. The summed E-state index contributed by atoms with van der Waals surface area (Å²) in [5, 5.41) is 18.3. The lowest BCUT2D eigenvalue weighted by Crippen LogP contribution is -2.42. The van der Waals surface area contributed by atoms with Gasteiger partial charge in [0.15, 0.2) is 6.61 Å². The Morgan fingerprint density at radius 3 is 2.33 bits per heavy atom. The van der Waals surface area contributed by atoms with Gasteiger partial charge >= 0.3 is 18.2 Å². The van der Waals surface area contributed by atoms with Gasteiger partial charge in [-0.2, -0.15) is 28.1 Å². The fraction of sp³-hybridized carbons (Fsp3) is 0.324. The molecule has 4 aromatic rings. The highest BCUT2D eigenvalue weighted by Gasteiger charge is 2.29.